The molecule has 118 valence electrons. The van der Waals surface area contributed by atoms with Crippen LogP contribution in [-0.2, 0) is 0 Å². The predicted octanol–water partition coefficient (Wildman–Crippen LogP) is 1.87. The maximum Gasteiger partial charge on any atom is 0.191 e. The summed E-state index contributed by atoms with van der Waals surface area (Å²) in [5.41, 5.74) is 1.22. The van der Waals surface area contributed by atoms with E-state index in [1.165, 1.54) is 5.56 Å². The van der Waals surface area contributed by atoms with Crippen LogP contribution in [0, 0.1) is 0 Å². The van der Waals surface area contributed by atoms with Gasteiger partial charge < -0.3 is 20.3 Å². The lowest BCUT2D eigenvalue weighted by atomic mass is 10.1. The Bertz CT molecular complexity index is 446. The van der Waals surface area contributed by atoms with Gasteiger partial charge in [-0.05, 0) is 38.2 Å². The molecule has 0 aromatic heterocycles. The molecule has 0 amide bonds. The van der Waals surface area contributed by atoms with E-state index in [0.29, 0.717) is 0 Å². The minimum atomic E-state index is 0.250. The van der Waals surface area contributed by atoms with Crippen LogP contribution in [-0.4, -0.2) is 52.2 Å². The van der Waals surface area contributed by atoms with Crippen LogP contribution < -0.4 is 15.4 Å². The minimum absolute atomic E-state index is 0.250. The van der Waals surface area contributed by atoms with Crippen LogP contribution >= 0.6 is 0 Å². The van der Waals surface area contributed by atoms with Gasteiger partial charge in [0.05, 0.1) is 13.2 Å². The van der Waals surface area contributed by atoms with E-state index >= 15 is 0 Å². The van der Waals surface area contributed by atoms with Gasteiger partial charge in [0.15, 0.2) is 5.96 Å². The van der Waals surface area contributed by atoms with Crippen LogP contribution in [0.4, 0.5) is 0 Å². The molecule has 1 unspecified atom stereocenters. The first-order valence-electron chi connectivity index (χ1n) is 7.37. The molecule has 0 spiro atoms. The number of benzene rings is 1. The van der Waals surface area contributed by atoms with Gasteiger partial charge in [-0.1, -0.05) is 19.1 Å². The van der Waals surface area contributed by atoms with Crippen LogP contribution in [0.2, 0.25) is 0 Å². The van der Waals surface area contributed by atoms with Crippen molar-refractivity contribution in [1.29, 1.82) is 0 Å². The van der Waals surface area contributed by atoms with Gasteiger partial charge in [-0.25, -0.2) is 0 Å². The van der Waals surface area contributed by atoms with Crippen molar-refractivity contribution in [2.45, 2.75) is 19.4 Å². The molecule has 0 bridgehead atoms. The van der Waals surface area contributed by atoms with Gasteiger partial charge in [0.25, 0.3) is 0 Å². The van der Waals surface area contributed by atoms with Crippen molar-refractivity contribution in [2.75, 3.05) is 41.3 Å². The van der Waals surface area contributed by atoms with Crippen LogP contribution in [0.1, 0.15) is 24.9 Å². The number of hydrogen-bond acceptors (Lipinski definition) is 3. The molecule has 21 heavy (non-hydrogen) atoms. The zero-order valence-electron chi connectivity index (χ0n) is 13.8. The van der Waals surface area contributed by atoms with E-state index in [1.54, 1.807) is 14.2 Å². The fourth-order valence-corrected chi connectivity index (χ4v) is 2.10. The molecule has 0 aliphatic heterocycles. The predicted molar refractivity (Wildman–Crippen MR) is 89.1 cm³/mol. The Labute approximate surface area is 128 Å². The number of likely N-dealkylation sites (N-methyl/N-ethyl adjacent to an activating group) is 1. The summed E-state index contributed by atoms with van der Waals surface area (Å²) in [5.74, 6) is 1.72. The van der Waals surface area contributed by atoms with Crippen molar-refractivity contribution in [3.63, 3.8) is 0 Å². The molecule has 5 nitrogen and oxygen atoms in total. The number of aliphatic imine (C=N–C) groups is 1. The average Bonchev–Trinajstić information content (AvgIpc) is 2.50. The third-order valence-corrected chi connectivity index (χ3v) is 3.33. The van der Waals surface area contributed by atoms with Gasteiger partial charge in [0, 0.05) is 20.1 Å². The van der Waals surface area contributed by atoms with Crippen LogP contribution in [0.25, 0.3) is 0 Å². The van der Waals surface area contributed by atoms with Crippen LogP contribution in [0.3, 0.4) is 0 Å². The molecule has 1 aromatic rings. The van der Waals surface area contributed by atoms with E-state index in [2.05, 4.69) is 53.7 Å². The Hall–Kier alpha value is -1.75. The second kappa shape index (κ2) is 9.23. The van der Waals surface area contributed by atoms with E-state index in [0.717, 1.165) is 31.2 Å². The summed E-state index contributed by atoms with van der Waals surface area (Å²) in [7, 11) is 7.64. The Morgan fingerprint density at radius 1 is 1.33 bits per heavy atom. The van der Waals surface area contributed by atoms with Gasteiger partial charge >= 0.3 is 0 Å². The summed E-state index contributed by atoms with van der Waals surface area (Å²) in [6.07, 6.45) is 1.08. The highest BCUT2D eigenvalue weighted by Gasteiger charge is 2.15. The highest BCUT2D eigenvalue weighted by Crippen LogP contribution is 2.21. The summed E-state index contributed by atoms with van der Waals surface area (Å²) in [6.45, 7) is 3.84. The van der Waals surface area contributed by atoms with Crippen LogP contribution in [0.15, 0.2) is 29.3 Å². The Morgan fingerprint density at radius 2 is 2.10 bits per heavy atom. The molecular formula is C16H28N4O. The number of ether oxygens (including phenoxy) is 1. The van der Waals surface area contributed by atoms with Crippen molar-refractivity contribution in [3.8, 4) is 5.75 Å². The molecule has 0 saturated heterocycles. The van der Waals surface area contributed by atoms with E-state index in [4.69, 9.17) is 4.74 Å². The lowest BCUT2D eigenvalue weighted by Crippen LogP contribution is -2.41. The number of guanidine groups is 1. The summed E-state index contributed by atoms with van der Waals surface area (Å²) < 4.78 is 5.31. The first-order valence-corrected chi connectivity index (χ1v) is 7.37. The zero-order chi connectivity index (χ0) is 15.7. The first kappa shape index (κ1) is 17.3. The molecular weight excluding hydrogens is 264 g/mol. The monoisotopic (exact) mass is 292 g/mol. The Morgan fingerprint density at radius 3 is 2.67 bits per heavy atom. The zero-order valence-corrected chi connectivity index (χ0v) is 13.8. The number of methoxy groups -OCH3 is 1. The normalized spacial score (nSPS) is 13.1. The van der Waals surface area contributed by atoms with Crippen molar-refractivity contribution in [2.24, 2.45) is 4.99 Å². The molecule has 1 aromatic carbocycles. The Balaban J connectivity index is 2.73. The maximum atomic E-state index is 5.31. The molecule has 5 heteroatoms. The molecule has 0 fully saturated rings. The van der Waals surface area contributed by atoms with Crippen molar-refractivity contribution >= 4 is 5.96 Å². The standard InChI is InChI=1S/C16H28N4O/c1-6-10-18-16(17-2)19-12-15(20(3)4)13-8-7-9-14(11-13)21-5/h7-9,11,15H,6,10,12H2,1-5H3,(H2,17,18,19). The van der Waals surface area contributed by atoms with Gasteiger partial charge in [0.2, 0.25) is 0 Å². The summed E-state index contributed by atoms with van der Waals surface area (Å²) in [6, 6.07) is 8.44. The number of hydrogen-bond donors (Lipinski definition) is 2. The molecule has 1 rings (SSSR count). The fraction of sp³-hybridized carbons (Fsp3) is 0.562. The van der Waals surface area contributed by atoms with E-state index in [-0.39, 0.29) is 6.04 Å². The van der Waals surface area contributed by atoms with E-state index < -0.39 is 0 Å². The van der Waals surface area contributed by atoms with Gasteiger partial charge in [-0.2, -0.15) is 0 Å². The van der Waals surface area contributed by atoms with Crippen molar-refractivity contribution < 1.29 is 4.74 Å². The highest BCUT2D eigenvalue weighted by atomic mass is 16.5. The lowest BCUT2D eigenvalue weighted by molar-refractivity contribution is 0.297. The summed E-state index contributed by atoms with van der Waals surface area (Å²) >= 11 is 0. The number of rotatable bonds is 7. The van der Waals surface area contributed by atoms with E-state index in [1.807, 2.05) is 12.1 Å². The van der Waals surface area contributed by atoms with Crippen molar-refractivity contribution in [3.05, 3.63) is 29.8 Å². The third kappa shape index (κ3) is 5.63. The van der Waals surface area contributed by atoms with E-state index in [9.17, 15) is 0 Å². The van der Waals surface area contributed by atoms with Gasteiger partial charge in [-0.15, -0.1) is 0 Å². The van der Waals surface area contributed by atoms with Crippen LogP contribution in [0.5, 0.6) is 5.75 Å². The molecule has 0 radical (unpaired) electrons. The molecule has 1 atom stereocenters. The molecule has 0 aliphatic rings. The quantitative estimate of drug-likeness (QED) is 0.595. The summed E-state index contributed by atoms with van der Waals surface area (Å²) in [4.78, 5) is 6.42. The topological polar surface area (TPSA) is 48.9 Å². The lowest BCUT2D eigenvalue weighted by Gasteiger charge is -2.26. The molecule has 0 aliphatic carbocycles. The molecule has 0 heterocycles. The average molecular weight is 292 g/mol. The second-order valence-electron chi connectivity index (χ2n) is 5.14. The minimum Gasteiger partial charge on any atom is -0.497 e. The number of nitrogens with one attached hydrogen (secondary N) is 2. The first-order chi connectivity index (χ1) is 10.1. The third-order valence-electron chi connectivity index (χ3n) is 3.33. The highest BCUT2D eigenvalue weighted by molar-refractivity contribution is 5.79. The maximum absolute atomic E-state index is 5.31. The smallest absolute Gasteiger partial charge is 0.191 e. The fourth-order valence-electron chi connectivity index (χ4n) is 2.10. The van der Waals surface area contributed by atoms with Gasteiger partial charge in [0.1, 0.15) is 5.75 Å². The molecule has 2 N–H and O–H groups in total. The Kier molecular flexibility index (Phi) is 7.61. The largest absolute Gasteiger partial charge is 0.497 e. The summed E-state index contributed by atoms with van der Waals surface area (Å²) in [5, 5.41) is 6.66. The molecule has 0 saturated carbocycles. The SMILES string of the molecule is CCCNC(=NC)NCC(c1cccc(OC)c1)N(C)C. The van der Waals surface area contributed by atoms with Gasteiger partial charge in [-0.3, -0.25) is 4.99 Å². The van der Waals surface area contributed by atoms with Crippen molar-refractivity contribution in [1.82, 2.24) is 15.5 Å². The number of nitrogens with zero attached hydrogens (tertiary/aromatic N) is 2. The second-order valence-corrected chi connectivity index (χ2v) is 5.14.